The van der Waals surface area contributed by atoms with Gasteiger partial charge in [0.05, 0.1) is 23.8 Å². The molecule has 1 saturated carbocycles. The zero-order valence-electron chi connectivity index (χ0n) is 17.0. The van der Waals surface area contributed by atoms with Crippen LogP contribution in [0, 0.1) is 5.41 Å². The Morgan fingerprint density at radius 1 is 1.21 bits per heavy atom. The molecule has 2 aromatic rings. The summed E-state index contributed by atoms with van der Waals surface area (Å²) in [6.45, 7) is 4.12. The predicted octanol–water partition coefficient (Wildman–Crippen LogP) is 4.88. The number of nitrogens with zero attached hydrogens (tertiary/aromatic N) is 1. The fraction of sp³-hybridized carbons (Fsp3) is 0.500. The van der Waals surface area contributed by atoms with Crippen molar-refractivity contribution in [2.45, 2.75) is 58.5 Å². The van der Waals surface area contributed by atoms with E-state index < -0.39 is 0 Å². The van der Waals surface area contributed by atoms with E-state index in [4.69, 9.17) is 9.47 Å². The van der Waals surface area contributed by atoms with Gasteiger partial charge >= 0.3 is 0 Å². The highest BCUT2D eigenvalue weighted by Gasteiger charge is 2.34. The second-order valence-corrected chi connectivity index (χ2v) is 9.58. The molecular weight excluding hydrogens is 388 g/mol. The summed E-state index contributed by atoms with van der Waals surface area (Å²) < 4.78 is 11.5. The highest BCUT2D eigenvalue weighted by atomic mass is 32.1. The third-order valence-electron chi connectivity index (χ3n) is 5.48. The SMILES string of the molecule is COc1cc(C(=O)Nc2nc3c(s2)C(=O)CC(C)(C)C3)ccc1OC1CCCC1. The molecule has 0 aliphatic heterocycles. The van der Waals surface area contributed by atoms with Crippen LogP contribution in [0.1, 0.15) is 71.7 Å². The number of aromatic nitrogens is 1. The first kappa shape index (κ1) is 19.9. The summed E-state index contributed by atoms with van der Waals surface area (Å²) in [5, 5.41) is 3.28. The van der Waals surface area contributed by atoms with Crippen molar-refractivity contribution in [3.8, 4) is 11.5 Å². The molecule has 1 heterocycles. The van der Waals surface area contributed by atoms with Gasteiger partial charge in [0.25, 0.3) is 5.91 Å². The minimum atomic E-state index is -0.284. The number of benzene rings is 1. The first-order valence-electron chi connectivity index (χ1n) is 10.0. The summed E-state index contributed by atoms with van der Waals surface area (Å²) in [6.07, 6.45) is 5.93. The van der Waals surface area contributed by atoms with Gasteiger partial charge in [-0.2, -0.15) is 0 Å². The van der Waals surface area contributed by atoms with Crippen molar-refractivity contribution in [1.29, 1.82) is 0 Å². The lowest BCUT2D eigenvalue weighted by atomic mass is 9.78. The predicted molar refractivity (Wildman–Crippen MR) is 112 cm³/mol. The van der Waals surface area contributed by atoms with E-state index >= 15 is 0 Å². The lowest BCUT2D eigenvalue weighted by Crippen LogP contribution is -2.26. The van der Waals surface area contributed by atoms with E-state index in [1.165, 1.54) is 24.2 Å². The normalized spacial score (nSPS) is 18.4. The molecule has 2 aliphatic carbocycles. The molecular formula is C22H26N2O4S. The van der Waals surface area contributed by atoms with E-state index in [0.29, 0.717) is 33.5 Å². The standard InChI is InChI=1S/C22H26N2O4S/c1-22(2)11-15-19(16(25)12-22)29-21(23-15)24-20(26)13-8-9-17(18(10-13)27-3)28-14-6-4-5-7-14/h8-10,14H,4-7,11-12H2,1-3H3,(H,23,24,26). The van der Waals surface area contributed by atoms with Crippen molar-refractivity contribution in [3.05, 3.63) is 34.3 Å². The number of fused-ring (bicyclic) bond motifs is 1. The lowest BCUT2D eigenvalue weighted by molar-refractivity contribution is 0.0915. The Morgan fingerprint density at radius 3 is 2.69 bits per heavy atom. The fourth-order valence-corrected chi connectivity index (χ4v) is 4.95. The van der Waals surface area contributed by atoms with Gasteiger partial charge in [0.2, 0.25) is 0 Å². The monoisotopic (exact) mass is 414 g/mol. The zero-order valence-corrected chi connectivity index (χ0v) is 17.9. The highest BCUT2D eigenvalue weighted by molar-refractivity contribution is 7.17. The number of hydrogen-bond donors (Lipinski definition) is 1. The van der Waals surface area contributed by atoms with Crippen LogP contribution in [0.5, 0.6) is 11.5 Å². The van der Waals surface area contributed by atoms with Crippen LogP contribution in [-0.4, -0.2) is 29.9 Å². The smallest absolute Gasteiger partial charge is 0.257 e. The van der Waals surface area contributed by atoms with Crippen molar-refractivity contribution >= 4 is 28.2 Å². The minimum absolute atomic E-state index is 0.0953. The van der Waals surface area contributed by atoms with Gasteiger partial charge < -0.3 is 9.47 Å². The number of amides is 1. The fourth-order valence-electron chi connectivity index (χ4n) is 4.03. The third-order valence-corrected chi connectivity index (χ3v) is 6.53. The van der Waals surface area contributed by atoms with E-state index in [1.54, 1.807) is 25.3 Å². The minimum Gasteiger partial charge on any atom is -0.493 e. The highest BCUT2D eigenvalue weighted by Crippen LogP contribution is 2.38. The molecule has 1 aromatic heterocycles. The number of carbonyl (C=O) groups is 2. The number of nitrogens with one attached hydrogen (secondary N) is 1. The van der Waals surface area contributed by atoms with Crippen LogP contribution in [0.4, 0.5) is 5.13 Å². The molecule has 0 atom stereocenters. The Morgan fingerprint density at radius 2 is 1.97 bits per heavy atom. The number of hydrogen-bond acceptors (Lipinski definition) is 6. The van der Waals surface area contributed by atoms with Crippen LogP contribution >= 0.6 is 11.3 Å². The number of Topliss-reactive ketones (excluding diaryl/α,β-unsaturated/α-hetero) is 1. The average Bonchev–Trinajstić information content (AvgIpc) is 3.30. The Balaban J connectivity index is 1.49. The van der Waals surface area contributed by atoms with Gasteiger partial charge in [0.15, 0.2) is 22.4 Å². The summed E-state index contributed by atoms with van der Waals surface area (Å²) in [6, 6.07) is 5.19. The van der Waals surface area contributed by atoms with Crippen LogP contribution < -0.4 is 14.8 Å². The Hall–Kier alpha value is -2.41. The van der Waals surface area contributed by atoms with Gasteiger partial charge in [-0.25, -0.2) is 4.98 Å². The molecule has 1 amide bonds. The molecule has 0 bridgehead atoms. The number of ether oxygens (including phenoxy) is 2. The Bertz CT molecular complexity index is 944. The van der Waals surface area contributed by atoms with Crippen molar-refractivity contribution in [2.75, 3.05) is 12.4 Å². The van der Waals surface area contributed by atoms with Crippen molar-refractivity contribution < 1.29 is 19.1 Å². The number of anilines is 1. The van der Waals surface area contributed by atoms with Crippen molar-refractivity contribution in [1.82, 2.24) is 4.98 Å². The van der Waals surface area contributed by atoms with E-state index in [9.17, 15) is 9.59 Å². The number of ketones is 1. The van der Waals surface area contributed by atoms with Gasteiger partial charge in [-0.15, -0.1) is 0 Å². The molecule has 4 rings (SSSR count). The van der Waals surface area contributed by atoms with Gasteiger partial charge in [-0.3, -0.25) is 14.9 Å². The molecule has 0 radical (unpaired) electrons. The second-order valence-electron chi connectivity index (χ2n) is 8.58. The Labute approximate surface area is 174 Å². The van der Waals surface area contributed by atoms with Crippen LogP contribution in [0.3, 0.4) is 0 Å². The first-order chi connectivity index (χ1) is 13.8. The van der Waals surface area contributed by atoms with Gasteiger partial charge in [0, 0.05) is 12.0 Å². The summed E-state index contributed by atoms with van der Waals surface area (Å²) in [5.41, 5.74) is 1.15. The Kier molecular flexibility index (Phi) is 5.34. The first-order valence-corrected chi connectivity index (χ1v) is 10.9. The van der Waals surface area contributed by atoms with E-state index in [1.807, 2.05) is 0 Å². The molecule has 1 fully saturated rings. The van der Waals surface area contributed by atoms with Gasteiger partial charge in [0.1, 0.15) is 0 Å². The molecule has 1 aromatic carbocycles. The molecule has 154 valence electrons. The van der Waals surface area contributed by atoms with Crippen molar-refractivity contribution in [2.24, 2.45) is 5.41 Å². The van der Waals surface area contributed by atoms with E-state index in [2.05, 4.69) is 24.1 Å². The van der Waals surface area contributed by atoms with Gasteiger partial charge in [-0.05, 0) is 55.7 Å². The van der Waals surface area contributed by atoms with Crippen LogP contribution in [0.25, 0.3) is 0 Å². The lowest BCUT2D eigenvalue weighted by Gasteiger charge is -2.26. The molecule has 7 heteroatoms. The quantitative estimate of drug-likeness (QED) is 0.754. The zero-order chi connectivity index (χ0) is 20.6. The van der Waals surface area contributed by atoms with Crippen LogP contribution in [0.2, 0.25) is 0 Å². The average molecular weight is 415 g/mol. The number of rotatable bonds is 5. The number of carbonyl (C=O) groups excluding carboxylic acids is 2. The van der Waals surface area contributed by atoms with Crippen LogP contribution in [-0.2, 0) is 6.42 Å². The maximum absolute atomic E-state index is 12.7. The van der Waals surface area contributed by atoms with Crippen molar-refractivity contribution in [3.63, 3.8) is 0 Å². The van der Waals surface area contributed by atoms with Gasteiger partial charge in [-0.1, -0.05) is 25.2 Å². The molecule has 29 heavy (non-hydrogen) atoms. The van der Waals surface area contributed by atoms with E-state index in [0.717, 1.165) is 25.0 Å². The summed E-state index contributed by atoms with van der Waals surface area (Å²) in [4.78, 5) is 30.3. The second kappa shape index (κ2) is 7.78. The molecule has 0 unspecified atom stereocenters. The topological polar surface area (TPSA) is 77.5 Å². The number of methoxy groups -OCH3 is 1. The molecule has 1 N–H and O–H groups in total. The summed E-state index contributed by atoms with van der Waals surface area (Å²) in [5.74, 6) is 1.02. The largest absolute Gasteiger partial charge is 0.493 e. The third kappa shape index (κ3) is 4.29. The van der Waals surface area contributed by atoms with E-state index in [-0.39, 0.29) is 23.2 Å². The molecule has 2 aliphatic rings. The number of thiazole rings is 1. The summed E-state index contributed by atoms with van der Waals surface area (Å²) in [7, 11) is 1.57. The molecule has 6 nitrogen and oxygen atoms in total. The summed E-state index contributed by atoms with van der Waals surface area (Å²) >= 11 is 1.25. The maximum Gasteiger partial charge on any atom is 0.257 e. The molecule has 0 spiro atoms. The maximum atomic E-state index is 12.7. The molecule has 0 saturated heterocycles. The van der Waals surface area contributed by atoms with Crippen LogP contribution in [0.15, 0.2) is 18.2 Å².